The summed E-state index contributed by atoms with van der Waals surface area (Å²) in [4.78, 5) is 11.1. The van der Waals surface area contributed by atoms with Gasteiger partial charge in [-0.1, -0.05) is 42.5 Å². The molecule has 5 nitrogen and oxygen atoms in total. The lowest BCUT2D eigenvalue weighted by Gasteiger charge is -2.09. The van der Waals surface area contributed by atoms with Gasteiger partial charge in [0.2, 0.25) is 0 Å². The van der Waals surface area contributed by atoms with E-state index in [1.807, 2.05) is 42.5 Å². The van der Waals surface area contributed by atoms with E-state index in [0.29, 0.717) is 6.54 Å². The average Bonchev–Trinajstić information content (AvgIpc) is 2.53. The first kappa shape index (κ1) is 13.1. The Kier molecular flexibility index (Phi) is 3.47. The lowest BCUT2D eigenvalue weighted by molar-refractivity contribution is 0.0697. The molecule has 2 aromatic carbocycles. The van der Waals surface area contributed by atoms with Crippen molar-refractivity contribution < 1.29 is 9.90 Å². The van der Waals surface area contributed by atoms with Crippen LogP contribution in [-0.2, 0) is 6.54 Å². The van der Waals surface area contributed by atoms with Gasteiger partial charge in [0.25, 0.3) is 0 Å². The number of benzene rings is 2. The number of nitrogens with zero attached hydrogens (tertiary/aromatic N) is 2. The first-order chi connectivity index (χ1) is 10.3. The zero-order valence-corrected chi connectivity index (χ0v) is 11.2. The van der Waals surface area contributed by atoms with Gasteiger partial charge in [-0.15, -0.1) is 5.10 Å². The van der Waals surface area contributed by atoms with Crippen LogP contribution in [-0.4, -0.2) is 21.3 Å². The van der Waals surface area contributed by atoms with Crippen LogP contribution >= 0.6 is 0 Å². The fraction of sp³-hybridized carbons (Fsp3) is 0.0625. The predicted molar refractivity (Wildman–Crippen MR) is 80.3 cm³/mol. The van der Waals surface area contributed by atoms with Crippen LogP contribution in [0.25, 0.3) is 10.8 Å². The van der Waals surface area contributed by atoms with Gasteiger partial charge < -0.3 is 10.4 Å². The predicted octanol–water partition coefficient (Wildman–Crippen LogP) is 2.94. The van der Waals surface area contributed by atoms with Crippen LogP contribution < -0.4 is 5.32 Å². The van der Waals surface area contributed by atoms with E-state index in [1.54, 1.807) is 0 Å². The first-order valence-corrected chi connectivity index (χ1v) is 6.51. The molecule has 1 heterocycles. The van der Waals surface area contributed by atoms with Crippen LogP contribution in [0.1, 0.15) is 15.9 Å². The Morgan fingerprint density at radius 2 is 1.90 bits per heavy atom. The molecule has 3 rings (SSSR count). The summed E-state index contributed by atoms with van der Waals surface area (Å²) < 4.78 is 0. The van der Waals surface area contributed by atoms with E-state index in [2.05, 4.69) is 15.5 Å². The van der Waals surface area contributed by atoms with Crippen LogP contribution in [0.4, 0.5) is 5.82 Å². The molecule has 0 saturated carbocycles. The van der Waals surface area contributed by atoms with Crippen molar-refractivity contribution in [3.63, 3.8) is 0 Å². The molecular formula is C16H13N3O2. The highest BCUT2D eigenvalue weighted by atomic mass is 16.4. The quantitative estimate of drug-likeness (QED) is 0.768. The lowest BCUT2D eigenvalue weighted by Crippen LogP contribution is -2.09. The van der Waals surface area contributed by atoms with E-state index in [-0.39, 0.29) is 11.4 Å². The van der Waals surface area contributed by atoms with Crippen LogP contribution in [0.3, 0.4) is 0 Å². The molecule has 0 bridgehead atoms. The van der Waals surface area contributed by atoms with E-state index in [1.165, 1.54) is 12.3 Å². The molecule has 1 aromatic heterocycles. The van der Waals surface area contributed by atoms with Gasteiger partial charge in [-0.25, -0.2) is 4.79 Å². The second-order valence-electron chi connectivity index (χ2n) is 4.59. The summed E-state index contributed by atoms with van der Waals surface area (Å²) in [6.45, 7) is 0.486. The zero-order chi connectivity index (χ0) is 14.7. The Morgan fingerprint density at radius 1 is 1.10 bits per heavy atom. The highest BCUT2D eigenvalue weighted by molar-refractivity contribution is 5.93. The molecule has 0 spiro atoms. The number of rotatable bonds is 4. The summed E-state index contributed by atoms with van der Waals surface area (Å²) in [7, 11) is 0. The molecule has 5 heteroatoms. The Morgan fingerprint density at radius 3 is 2.76 bits per heavy atom. The molecule has 0 aliphatic carbocycles. The summed E-state index contributed by atoms with van der Waals surface area (Å²) in [6, 6.07) is 15.5. The number of nitrogens with one attached hydrogen (secondary N) is 1. The highest BCUT2D eigenvalue weighted by Crippen LogP contribution is 2.20. The van der Waals surface area contributed by atoms with Gasteiger partial charge in [0.1, 0.15) is 5.56 Å². The van der Waals surface area contributed by atoms with Gasteiger partial charge in [-0.05, 0) is 22.4 Å². The number of aromatic nitrogens is 2. The SMILES string of the molecule is O=C(O)c1ccnnc1NCc1cccc2ccccc12. The molecular weight excluding hydrogens is 266 g/mol. The second kappa shape index (κ2) is 5.58. The van der Waals surface area contributed by atoms with Crippen molar-refractivity contribution in [2.75, 3.05) is 5.32 Å². The number of fused-ring (bicyclic) bond motifs is 1. The number of carboxylic acids is 1. The molecule has 0 unspecified atom stereocenters. The minimum absolute atomic E-state index is 0.116. The van der Waals surface area contributed by atoms with Crippen molar-refractivity contribution >= 4 is 22.6 Å². The van der Waals surface area contributed by atoms with E-state index < -0.39 is 5.97 Å². The lowest BCUT2D eigenvalue weighted by atomic mass is 10.0. The number of carboxylic acid groups (broad SMARTS) is 1. The van der Waals surface area contributed by atoms with Gasteiger partial charge in [0.05, 0.1) is 6.20 Å². The maximum Gasteiger partial charge on any atom is 0.339 e. The van der Waals surface area contributed by atoms with Crippen LogP contribution in [0.5, 0.6) is 0 Å². The largest absolute Gasteiger partial charge is 0.478 e. The molecule has 0 radical (unpaired) electrons. The Labute approximate surface area is 121 Å². The molecule has 0 saturated heterocycles. The Hall–Kier alpha value is -2.95. The van der Waals surface area contributed by atoms with Crippen LogP contribution in [0.15, 0.2) is 54.7 Å². The first-order valence-electron chi connectivity index (χ1n) is 6.51. The minimum Gasteiger partial charge on any atom is -0.478 e. The monoisotopic (exact) mass is 279 g/mol. The third-order valence-electron chi connectivity index (χ3n) is 3.28. The maximum absolute atomic E-state index is 11.1. The van der Waals surface area contributed by atoms with Crippen LogP contribution in [0.2, 0.25) is 0 Å². The van der Waals surface area contributed by atoms with Gasteiger partial charge in [-0.3, -0.25) is 0 Å². The summed E-state index contributed by atoms with van der Waals surface area (Å²) in [5.41, 5.74) is 1.19. The second-order valence-corrected chi connectivity index (χ2v) is 4.59. The topological polar surface area (TPSA) is 75.1 Å². The Balaban J connectivity index is 1.89. The normalized spacial score (nSPS) is 10.5. The maximum atomic E-state index is 11.1. The number of aromatic carboxylic acids is 1. The highest BCUT2D eigenvalue weighted by Gasteiger charge is 2.11. The van der Waals surface area contributed by atoms with Crippen molar-refractivity contribution in [2.24, 2.45) is 0 Å². The van der Waals surface area contributed by atoms with Gasteiger partial charge >= 0.3 is 5.97 Å². The fourth-order valence-electron chi connectivity index (χ4n) is 2.26. The molecule has 2 N–H and O–H groups in total. The van der Waals surface area contributed by atoms with Crippen molar-refractivity contribution in [1.82, 2.24) is 10.2 Å². The smallest absolute Gasteiger partial charge is 0.339 e. The van der Waals surface area contributed by atoms with Crippen LogP contribution in [0, 0.1) is 0 Å². The number of hydrogen-bond donors (Lipinski definition) is 2. The van der Waals surface area contributed by atoms with Gasteiger partial charge in [0.15, 0.2) is 5.82 Å². The van der Waals surface area contributed by atoms with Gasteiger partial charge in [-0.2, -0.15) is 5.10 Å². The third-order valence-corrected chi connectivity index (χ3v) is 3.28. The number of anilines is 1. The number of carbonyl (C=O) groups is 1. The van der Waals surface area contributed by atoms with E-state index >= 15 is 0 Å². The van der Waals surface area contributed by atoms with Crippen molar-refractivity contribution in [2.45, 2.75) is 6.54 Å². The molecule has 0 atom stereocenters. The molecule has 21 heavy (non-hydrogen) atoms. The fourth-order valence-corrected chi connectivity index (χ4v) is 2.26. The molecule has 3 aromatic rings. The summed E-state index contributed by atoms with van der Waals surface area (Å²) in [5, 5.41) is 22.0. The molecule has 0 amide bonds. The molecule has 104 valence electrons. The molecule has 0 aliphatic rings. The minimum atomic E-state index is -1.02. The molecule has 0 fully saturated rings. The van der Waals surface area contributed by atoms with Crippen molar-refractivity contribution in [3.05, 3.63) is 65.9 Å². The average molecular weight is 279 g/mol. The summed E-state index contributed by atoms with van der Waals surface area (Å²) >= 11 is 0. The summed E-state index contributed by atoms with van der Waals surface area (Å²) in [6.07, 6.45) is 1.37. The third kappa shape index (κ3) is 2.67. The van der Waals surface area contributed by atoms with E-state index in [0.717, 1.165) is 16.3 Å². The van der Waals surface area contributed by atoms with E-state index in [9.17, 15) is 4.79 Å². The van der Waals surface area contributed by atoms with Gasteiger partial charge in [0, 0.05) is 6.54 Å². The van der Waals surface area contributed by atoms with E-state index in [4.69, 9.17) is 5.11 Å². The summed E-state index contributed by atoms with van der Waals surface area (Å²) in [5.74, 6) is -0.747. The standard InChI is InChI=1S/C16H13N3O2/c20-16(21)14-8-9-18-19-15(14)17-10-12-6-3-5-11-4-1-2-7-13(11)12/h1-9H,10H2,(H,17,19)(H,20,21). The Bertz CT molecular complexity index is 797. The zero-order valence-electron chi connectivity index (χ0n) is 11.2. The van der Waals surface area contributed by atoms with Crippen molar-refractivity contribution in [1.29, 1.82) is 0 Å². The molecule has 0 aliphatic heterocycles. The number of hydrogen-bond acceptors (Lipinski definition) is 4. The van der Waals surface area contributed by atoms with Crippen molar-refractivity contribution in [3.8, 4) is 0 Å².